The molecule has 4 rings (SSSR count). The van der Waals surface area contributed by atoms with Crippen molar-refractivity contribution in [1.29, 1.82) is 0 Å². The summed E-state index contributed by atoms with van der Waals surface area (Å²) in [5.74, 6) is 0.186. The van der Waals surface area contributed by atoms with Gasteiger partial charge in [0.05, 0.1) is 16.6 Å². The Labute approximate surface area is 199 Å². The average molecular weight is 513 g/mol. The van der Waals surface area contributed by atoms with Gasteiger partial charge in [0, 0.05) is 17.0 Å². The highest BCUT2D eigenvalue weighted by molar-refractivity contribution is 6.30. The van der Waals surface area contributed by atoms with E-state index in [-0.39, 0.29) is 23.3 Å². The third-order valence-corrected chi connectivity index (χ3v) is 5.70. The van der Waals surface area contributed by atoms with E-state index in [1.54, 1.807) is 42.5 Å². The van der Waals surface area contributed by atoms with E-state index in [1.807, 2.05) is 0 Å². The number of halogens is 7. The van der Waals surface area contributed by atoms with E-state index in [0.717, 1.165) is 16.7 Å². The number of hydrogen-bond acceptors (Lipinski definition) is 3. The van der Waals surface area contributed by atoms with Gasteiger partial charge in [-0.15, -0.1) is 0 Å². The van der Waals surface area contributed by atoms with Gasteiger partial charge >= 0.3 is 12.4 Å². The van der Waals surface area contributed by atoms with Gasteiger partial charge in [0.2, 0.25) is 0 Å². The first kappa shape index (κ1) is 24.7. The number of aliphatic hydroxyl groups is 1. The minimum Gasteiger partial charge on any atom is -0.369 e. The molecule has 0 spiro atoms. The van der Waals surface area contributed by atoms with Crippen LogP contribution < -0.4 is 5.56 Å². The van der Waals surface area contributed by atoms with Crippen LogP contribution in [0.4, 0.5) is 26.3 Å². The van der Waals surface area contributed by atoms with E-state index in [2.05, 4.69) is 4.98 Å². The Morgan fingerprint density at radius 2 is 1.49 bits per heavy atom. The van der Waals surface area contributed by atoms with E-state index < -0.39 is 29.1 Å². The van der Waals surface area contributed by atoms with Crippen LogP contribution in [0.3, 0.4) is 0 Å². The molecule has 4 aromatic rings. The van der Waals surface area contributed by atoms with Crippen LogP contribution in [-0.2, 0) is 12.0 Å². The molecule has 0 saturated carbocycles. The highest BCUT2D eigenvalue weighted by Gasteiger charge is 2.71. The third kappa shape index (κ3) is 4.39. The quantitative estimate of drug-likeness (QED) is 0.344. The molecule has 0 unspecified atom stereocenters. The first-order chi connectivity index (χ1) is 16.3. The second-order valence-electron chi connectivity index (χ2n) is 7.75. The molecule has 0 atom stereocenters. The van der Waals surface area contributed by atoms with E-state index in [0.29, 0.717) is 28.2 Å². The Balaban J connectivity index is 1.89. The third-order valence-electron chi connectivity index (χ3n) is 5.46. The fourth-order valence-corrected chi connectivity index (χ4v) is 3.95. The first-order valence-corrected chi connectivity index (χ1v) is 10.4. The molecule has 1 heterocycles. The lowest BCUT2D eigenvalue weighted by Gasteiger charge is -2.32. The fraction of sp³-hybridized carbons (Fsp3) is 0.167. The van der Waals surface area contributed by atoms with Crippen LogP contribution in [0.25, 0.3) is 16.6 Å². The van der Waals surface area contributed by atoms with Crippen LogP contribution in [0.5, 0.6) is 0 Å². The summed E-state index contributed by atoms with van der Waals surface area (Å²) >= 11 is 6.03. The number of rotatable bonds is 4. The van der Waals surface area contributed by atoms with Gasteiger partial charge < -0.3 is 5.11 Å². The normalized spacial score (nSPS) is 12.8. The van der Waals surface area contributed by atoms with Crippen molar-refractivity contribution in [3.05, 3.63) is 105 Å². The van der Waals surface area contributed by atoms with E-state index in [1.165, 1.54) is 6.07 Å². The molecule has 1 N–H and O–H groups in total. The molecule has 0 bridgehead atoms. The van der Waals surface area contributed by atoms with Gasteiger partial charge in [-0.2, -0.15) is 26.3 Å². The zero-order valence-electron chi connectivity index (χ0n) is 17.5. The molecule has 11 heteroatoms. The summed E-state index contributed by atoms with van der Waals surface area (Å²) in [6.07, 6.45) is -11.9. The Morgan fingerprint density at radius 3 is 2.09 bits per heavy atom. The molecule has 0 amide bonds. The van der Waals surface area contributed by atoms with E-state index in [9.17, 15) is 36.2 Å². The van der Waals surface area contributed by atoms with Crippen LogP contribution in [0, 0.1) is 0 Å². The smallest absolute Gasteiger partial charge is 0.369 e. The lowest BCUT2D eigenvalue weighted by atomic mass is 9.92. The number of fused-ring (bicyclic) bond motifs is 1. The summed E-state index contributed by atoms with van der Waals surface area (Å²) in [5.41, 5.74) is -6.06. The van der Waals surface area contributed by atoms with Gasteiger partial charge in [-0.1, -0.05) is 48.0 Å². The van der Waals surface area contributed by atoms with Crippen LogP contribution in [0.15, 0.2) is 77.6 Å². The number of aromatic nitrogens is 2. The highest BCUT2D eigenvalue weighted by Crippen LogP contribution is 2.50. The molecule has 0 aliphatic heterocycles. The van der Waals surface area contributed by atoms with Crippen molar-refractivity contribution in [2.75, 3.05) is 0 Å². The molecule has 3 aromatic carbocycles. The highest BCUT2D eigenvalue weighted by atomic mass is 35.5. The van der Waals surface area contributed by atoms with Crippen molar-refractivity contribution >= 4 is 22.5 Å². The Hall–Kier alpha value is -3.37. The molecule has 0 aliphatic carbocycles. The Morgan fingerprint density at radius 1 is 0.857 bits per heavy atom. The van der Waals surface area contributed by atoms with Gasteiger partial charge in [-0.3, -0.25) is 9.36 Å². The minimum atomic E-state index is -6.02. The maximum absolute atomic E-state index is 13.3. The van der Waals surface area contributed by atoms with Crippen molar-refractivity contribution in [1.82, 2.24) is 9.55 Å². The van der Waals surface area contributed by atoms with Crippen LogP contribution >= 0.6 is 11.6 Å². The number of nitrogens with zero attached hydrogens (tertiary/aromatic N) is 2. The van der Waals surface area contributed by atoms with Gasteiger partial charge in [0.25, 0.3) is 11.2 Å². The maximum atomic E-state index is 13.3. The topological polar surface area (TPSA) is 55.1 Å². The van der Waals surface area contributed by atoms with Crippen molar-refractivity contribution in [2.45, 2.75) is 24.4 Å². The summed E-state index contributed by atoms with van der Waals surface area (Å²) in [4.78, 5) is 17.8. The molecular formula is C24H15ClF6N2O2. The molecule has 0 saturated heterocycles. The van der Waals surface area contributed by atoms with Gasteiger partial charge in [-0.25, -0.2) is 4.98 Å². The molecule has 0 aliphatic rings. The van der Waals surface area contributed by atoms with E-state index >= 15 is 0 Å². The van der Waals surface area contributed by atoms with Crippen LogP contribution in [-0.4, -0.2) is 27.0 Å². The zero-order valence-corrected chi connectivity index (χ0v) is 18.3. The van der Waals surface area contributed by atoms with Crippen molar-refractivity contribution in [3.63, 3.8) is 0 Å². The van der Waals surface area contributed by atoms with Crippen molar-refractivity contribution in [2.24, 2.45) is 0 Å². The maximum Gasteiger partial charge on any atom is 0.430 e. The molecule has 4 nitrogen and oxygen atoms in total. The summed E-state index contributed by atoms with van der Waals surface area (Å²) in [5, 5.41) is 10.3. The minimum absolute atomic E-state index is 0.0271. The Bertz CT molecular complexity index is 1430. The van der Waals surface area contributed by atoms with E-state index in [4.69, 9.17) is 11.6 Å². The van der Waals surface area contributed by atoms with Crippen molar-refractivity contribution in [3.8, 4) is 5.69 Å². The van der Waals surface area contributed by atoms with Gasteiger partial charge in [-0.05, 0) is 42.0 Å². The molecular weight excluding hydrogens is 498 g/mol. The second kappa shape index (κ2) is 8.69. The van der Waals surface area contributed by atoms with Crippen molar-refractivity contribution < 1.29 is 31.4 Å². The SMILES string of the molecule is O=c1c2ccccc2nc(Cc2cccc(Cl)c2)n1-c1ccc(C(O)(C(F)(F)F)C(F)(F)F)cc1. The fourth-order valence-electron chi connectivity index (χ4n) is 3.73. The van der Waals surface area contributed by atoms with Gasteiger partial charge in [0.1, 0.15) is 5.82 Å². The molecule has 0 radical (unpaired) electrons. The molecule has 1 aromatic heterocycles. The predicted octanol–water partition coefficient (Wildman–Crippen LogP) is 5.94. The summed E-state index contributed by atoms with van der Waals surface area (Å²) < 4.78 is 80.6. The lowest BCUT2D eigenvalue weighted by molar-refractivity contribution is -0.376. The monoisotopic (exact) mass is 512 g/mol. The summed E-state index contributed by atoms with van der Waals surface area (Å²) in [6, 6.07) is 15.9. The predicted molar refractivity (Wildman–Crippen MR) is 118 cm³/mol. The van der Waals surface area contributed by atoms with Crippen LogP contribution in [0.1, 0.15) is 17.0 Å². The summed E-state index contributed by atoms with van der Waals surface area (Å²) in [7, 11) is 0. The first-order valence-electron chi connectivity index (χ1n) is 10.0. The second-order valence-corrected chi connectivity index (χ2v) is 8.18. The molecule has 182 valence electrons. The zero-order chi connectivity index (χ0) is 25.6. The lowest BCUT2D eigenvalue weighted by Crippen LogP contribution is -2.53. The summed E-state index contributed by atoms with van der Waals surface area (Å²) in [6.45, 7) is 0. The largest absolute Gasteiger partial charge is 0.430 e. The standard InChI is InChI=1S/C24H15ClF6N2O2/c25-16-5-3-4-14(12-16)13-20-32-19-7-2-1-6-18(19)21(34)33(20)17-10-8-15(9-11-17)22(35,23(26,27)28)24(29,30)31/h1-12,35H,13H2. The number of hydrogen-bond donors (Lipinski definition) is 1. The van der Waals surface area contributed by atoms with Gasteiger partial charge in [0.15, 0.2) is 0 Å². The number of alkyl halides is 6. The number of benzene rings is 3. The molecule has 0 fully saturated rings. The Kier molecular flexibility index (Phi) is 6.14. The molecule has 35 heavy (non-hydrogen) atoms. The average Bonchev–Trinajstić information content (AvgIpc) is 2.77. The number of para-hydroxylation sites is 1. The van der Waals surface area contributed by atoms with Crippen LogP contribution in [0.2, 0.25) is 5.02 Å².